The summed E-state index contributed by atoms with van der Waals surface area (Å²) < 4.78 is 7.25. The highest BCUT2D eigenvalue weighted by Crippen LogP contribution is 2.38. The Labute approximate surface area is 156 Å². The largest absolute Gasteiger partial charge is 0.507 e. The zero-order valence-corrected chi connectivity index (χ0v) is 15.5. The highest BCUT2D eigenvalue weighted by Gasteiger charge is 2.28. The summed E-state index contributed by atoms with van der Waals surface area (Å²) in [6.45, 7) is 4.77. The summed E-state index contributed by atoms with van der Waals surface area (Å²) >= 11 is 0. The number of hydrogen-bond acceptors (Lipinski definition) is 5. The number of ether oxygens (including phenoxy) is 1. The van der Waals surface area contributed by atoms with E-state index in [1.165, 1.54) is 25.1 Å². The lowest BCUT2D eigenvalue weighted by Gasteiger charge is -2.09. The van der Waals surface area contributed by atoms with E-state index < -0.39 is 12.6 Å². The van der Waals surface area contributed by atoms with Gasteiger partial charge in [0.15, 0.2) is 6.61 Å². The number of aromatic hydroxyl groups is 1. The van der Waals surface area contributed by atoms with Crippen LogP contribution in [-0.4, -0.2) is 33.9 Å². The molecule has 1 aliphatic rings. The highest BCUT2D eigenvalue weighted by atomic mass is 16.5. The van der Waals surface area contributed by atoms with E-state index in [1.54, 1.807) is 0 Å². The number of Topliss-reactive ketones (excluding diaryl/α,β-unsaturated/α-hetero) is 1. The van der Waals surface area contributed by atoms with Gasteiger partial charge < -0.3 is 19.7 Å². The lowest BCUT2D eigenvalue weighted by Crippen LogP contribution is -2.15. The molecule has 0 radical (unpaired) electrons. The van der Waals surface area contributed by atoms with Gasteiger partial charge in [0.25, 0.3) is 0 Å². The number of anilines is 1. The maximum atomic E-state index is 12.5. The minimum absolute atomic E-state index is 0.113. The second-order valence-corrected chi connectivity index (χ2v) is 6.80. The van der Waals surface area contributed by atoms with Crippen molar-refractivity contribution in [2.24, 2.45) is 0 Å². The van der Waals surface area contributed by atoms with Crippen LogP contribution < -0.4 is 5.32 Å². The minimum atomic E-state index is -0.830. The van der Waals surface area contributed by atoms with Crippen molar-refractivity contribution < 1.29 is 24.2 Å². The lowest BCUT2D eigenvalue weighted by atomic mass is 10.1. The fourth-order valence-corrected chi connectivity index (χ4v) is 3.22. The third-order valence-corrected chi connectivity index (χ3v) is 4.57. The predicted octanol–water partition coefficient (Wildman–Crippen LogP) is 3.14. The molecule has 7 nitrogen and oxygen atoms in total. The summed E-state index contributed by atoms with van der Waals surface area (Å²) in [5, 5.41) is 12.4. The average Bonchev–Trinajstić information content (AvgIpc) is 3.38. The number of nitrogens with zero attached hydrogens (tertiary/aromatic N) is 1. The van der Waals surface area contributed by atoms with Crippen LogP contribution in [0, 0.1) is 13.8 Å². The summed E-state index contributed by atoms with van der Waals surface area (Å²) in [7, 11) is 0. The summed E-state index contributed by atoms with van der Waals surface area (Å²) in [5.41, 5.74) is 2.68. The number of aryl methyl sites for hydroxylation is 1. The van der Waals surface area contributed by atoms with Crippen LogP contribution in [0.25, 0.3) is 0 Å². The Kier molecular flexibility index (Phi) is 5.03. The molecule has 0 aliphatic heterocycles. The molecule has 0 saturated heterocycles. The number of nitrogens with one attached hydrogen (secondary N) is 1. The first-order valence-electron chi connectivity index (χ1n) is 8.77. The molecule has 1 saturated carbocycles. The van der Waals surface area contributed by atoms with Crippen LogP contribution in [-0.2, 0) is 9.53 Å². The first kappa shape index (κ1) is 18.7. The zero-order chi connectivity index (χ0) is 19.7. The molecule has 0 bridgehead atoms. The number of aromatic nitrogens is 1. The number of amides is 1. The Morgan fingerprint density at radius 3 is 2.52 bits per heavy atom. The summed E-state index contributed by atoms with van der Waals surface area (Å²) in [6, 6.07) is 6.34. The number of carbonyl (C=O) groups excluding carboxylic acids is 3. The standard InChI is InChI=1S/C20H22N2O5/c1-11-8-16(12(2)22(11)15-5-6-15)19(25)10-27-20(26)17-9-14(21-13(3)23)4-7-18(17)24/h4,7-9,15,24H,5-6,10H2,1-3H3,(H,21,23). The van der Waals surface area contributed by atoms with E-state index in [0.717, 1.165) is 24.2 Å². The molecule has 1 aliphatic carbocycles. The number of rotatable bonds is 6. The van der Waals surface area contributed by atoms with Gasteiger partial charge in [-0.3, -0.25) is 9.59 Å². The van der Waals surface area contributed by atoms with Crippen LogP contribution in [0.1, 0.15) is 57.9 Å². The van der Waals surface area contributed by atoms with Gasteiger partial charge in [-0.2, -0.15) is 0 Å². The van der Waals surface area contributed by atoms with E-state index in [-0.39, 0.29) is 23.0 Å². The van der Waals surface area contributed by atoms with Crippen molar-refractivity contribution in [2.45, 2.75) is 39.7 Å². The van der Waals surface area contributed by atoms with E-state index >= 15 is 0 Å². The molecule has 1 amide bonds. The smallest absolute Gasteiger partial charge is 0.342 e. The average molecular weight is 370 g/mol. The van der Waals surface area contributed by atoms with Gasteiger partial charge in [0.05, 0.1) is 0 Å². The van der Waals surface area contributed by atoms with E-state index in [4.69, 9.17) is 4.74 Å². The Hall–Kier alpha value is -3.09. The molecule has 2 N–H and O–H groups in total. The maximum Gasteiger partial charge on any atom is 0.342 e. The Balaban J connectivity index is 1.70. The number of ketones is 1. The zero-order valence-electron chi connectivity index (χ0n) is 15.5. The van der Waals surface area contributed by atoms with E-state index in [9.17, 15) is 19.5 Å². The van der Waals surface area contributed by atoms with Gasteiger partial charge in [-0.25, -0.2) is 4.79 Å². The molecular formula is C20H22N2O5. The normalized spacial score (nSPS) is 13.3. The second-order valence-electron chi connectivity index (χ2n) is 6.80. The molecule has 1 heterocycles. The van der Waals surface area contributed by atoms with Crippen LogP contribution in [0.4, 0.5) is 5.69 Å². The van der Waals surface area contributed by atoms with Crippen molar-refractivity contribution in [1.82, 2.24) is 4.57 Å². The van der Waals surface area contributed by atoms with Gasteiger partial charge in [0.2, 0.25) is 11.7 Å². The van der Waals surface area contributed by atoms with Gasteiger partial charge >= 0.3 is 5.97 Å². The fourth-order valence-electron chi connectivity index (χ4n) is 3.22. The number of phenols is 1. The molecule has 0 unspecified atom stereocenters. The third-order valence-electron chi connectivity index (χ3n) is 4.57. The van der Waals surface area contributed by atoms with E-state index in [2.05, 4.69) is 9.88 Å². The fraction of sp³-hybridized carbons (Fsp3) is 0.350. The van der Waals surface area contributed by atoms with Crippen molar-refractivity contribution in [3.8, 4) is 5.75 Å². The predicted molar refractivity (Wildman–Crippen MR) is 99.2 cm³/mol. The SMILES string of the molecule is CC(=O)Nc1ccc(O)c(C(=O)OCC(=O)c2cc(C)n(C3CC3)c2C)c1. The number of hydrogen-bond donors (Lipinski definition) is 2. The Bertz CT molecular complexity index is 925. The molecule has 142 valence electrons. The van der Waals surface area contributed by atoms with Crippen LogP contribution >= 0.6 is 0 Å². The quantitative estimate of drug-likeness (QED) is 0.462. The topological polar surface area (TPSA) is 97.6 Å². The molecule has 27 heavy (non-hydrogen) atoms. The second kappa shape index (κ2) is 7.26. The third kappa shape index (κ3) is 4.02. The molecule has 1 fully saturated rings. The number of phenolic OH excluding ortho intramolecular Hbond substituents is 1. The number of carbonyl (C=O) groups is 3. The van der Waals surface area contributed by atoms with Crippen LogP contribution in [0.5, 0.6) is 5.75 Å². The molecule has 0 atom stereocenters. The summed E-state index contributed by atoms with van der Waals surface area (Å²) in [4.78, 5) is 35.9. The number of benzene rings is 1. The monoisotopic (exact) mass is 370 g/mol. The Morgan fingerprint density at radius 2 is 1.89 bits per heavy atom. The van der Waals surface area contributed by atoms with Crippen LogP contribution in [0.15, 0.2) is 24.3 Å². The molecule has 2 aromatic rings. The molecule has 3 rings (SSSR count). The van der Waals surface area contributed by atoms with Crippen LogP contribution in [0.3, 0.4) is 0 Å². The van der Waals surface area contributed by atoms with Crippen molar-refractivity contribution in [2.75, 3.05) is 11.9 Å². The Morgan fingerprint density at radius 1 is 1.19 bits per heavy atom. The van der Waals surface area contributed by atoms with Gasteiger partial charge in [-0.15, -0.1) is 0 Å². The summed E-state index contributed by atoms with van der Waals surface area (Å²) in [5.74, 6) is -1.71. The van der Waals surface area contributed by atoms with Crippen molar-refractivity contribution >= 4 is 23.3 Å². The summed E-state index contributed by atoms with van der Waals surface area (Å²) in [6.07, 6.45) is 2.23. The van der Waals surface area contributed by atoms with Crippen molar-refractivity contribution in [3.05, 3.63) is 46.8 Å². The van der Waals surface area contributed by atoms with Gasteiger partial charge in [0.1, 0.15) is 11.3 Å². The maximum absolute atomic E-state index is 12.5. The first-order valence-corrected chi connectivity index (χ1v) is 8.77. The van der Waals surface area contributed by atoms with Gasteiger partial charge in [0, 0.05) is 35.6 Å². The molecule has 0 spiro atoms. The van der Waals surface area contributed by atoms with Crippen molar-refractivity contribution in [1.29, 1.82) is 0 Å². The highest BCUT2D eigenvalue weighted by molar-refractivity contribution is 6.01. The minimum Gasteiger partial charge on any atom is -0.507 e. The molecule has 1 aromatic heterocycles. The molecular weight excluding hydrogens is 348 g/mol. The van der Waals surface area contributed by atoms with E-state index in [0.29, 0.717) is 17.3 Å². The van der Waals surface area contributed by atoms with E-state index in [1.807, 2.05) is 19.9 Å². The van der Waals surface area contributed by atoms with Gasteiger partial charge in [-0.05, 0) is 51.0 Å². The number of esters is 1. The van der Waals surface area contributed by atoms with Gasteiger partial charge in [-0.1, -0.05) is 0 Å². The lowest BCUT2D eigenvalue weighted by molar-refractivity contribution is -0.114. The van der Waals surface area contributed by atoms with Crippen LogP contribution in [0.2, 0.25) is 0 Å². The molecule has 1 aromatic carbocycles. The first-order chi connectivity index (χ1) is 12.8. The molecule has 7 heteroatoms. The van der Waals surface area contributed by atoms with Crippen molar-refractivity contribution in [3.63, 3.8) is 0 Å².